The van der Waals surface area contributed by atoms with E-state index in [0.29, 0.717) is 17.1 Å². The third kappa shape index (κ3) is 4.95. The van der Waals surface area contributed by atoms with Gasteiger partial charge < -0.3 is 4.90 Å². The zero-order valence-electron chi connectivity index (χ0n) is 23.5. The van der Waals surface area contributed by atoms with Gasteiger partial charge in [0, 0.05) is 33.1 Å². The molecular formula is C38H37NS. The van der Waals surface area contributed by atoms with Gasteiger partial charge in [0.05, 0.1) is 0 Å². The molecular weight excluding hydrogens is 502 g/mol. The van der Waals surface area contributed by atoms with Gasteiger partial charge in [-0.15, -0.1) is 11.8 Å². The summed E-state index contributed by atoms with van der Waals surface area (Å²) in [5.41, 5.74) is 12.3. The Bertz CT molecular complexity index is 1570. The monoisotopic (exact) mass is 539 g/mol. The Hall–Kier alpha value is -3.49. The number of rotatable bonds is 5. The van der Waals surface area contributed by atoms with Crippen molar-refractivity contribution in [2.24, 2.45) is 5.92 Å². The molecule has 3 aromatic rings. The molecule has 7 rings (SSSR count). The van der Waals surface area contributed by atoms with Crippen molar-refractivity contribution in [2.45, 2.75) is 62.0 Å². The Kier molecular flexibility index (Phi) is 6.89. The molecule has 0 saturated heterocycles. The van der Waals surface area contributed by atoms with E-state index >= 15 is 0 Å². The maximum atomic E-state index is 2.53. The zero-order valence-corrected chi connectivity index (χ0v) is 24.3. The van der Waals surface area contributed by atoms with Crippen LogP contribution in [-0.4, -0.2) is 5.25 Å². The minimum Gasteiger partial charge on any atom is -0.318 e. The summed E-state index contributed by atoms with van der Waals surface area (Å²) in [6.45, 7) is 4.57. The molecule has 3 aromatic carbocycles. The van der Waals surface area contributed by atoms with E-state index in [9.17, 15) is 0 Å². The summed E-state index contributed by atoms with van der Waals surface area (Å²) in [6.07, 6.45) is 19.9. The van der Waals surface area contributed by atoms with Crippen LogP contribution in [0.2, 0.25) is 0 Å². The number of thioether (sulfide) groups is 1. The van der Waals surface area contributed by atoms with Crippen LogP contribution in [0.3, 0.4) is 0 Å². The minimum absolute atomic E-state index is 0.545. The van der Waals surface area contributed by atoms with Gasteiger partial charge in [-0.2, -0.15) is 0 Å². The largest absolute Gasteiger partial charge is 0.318 e. The van der Waals surface area contributed by atoms with Crippen molar-refractivity contribution in [1.29, 1.82) is 0 Å². The van der Waals surface area contributed by atoms with Crippen molar-refractivity contribution in [3.8, 4) is 11.1 Å². The van der Waals surface area contributed by atoms with Crippen LogP contribution < -0.4 is 4.90 Å². The number of hydrogen-bond donors (Lipinski definition) is 0. The summed E-state index contributed by atoms with van der Waals surface area (Å²) in [4.78, 5) is 4.01. The Morgan fingerprint density at radius 3 is 2.42 bits per heavy atom. The highest BCUT2D eigenvalue weighted by molar-refractivity contribution is 8.00. The molecule has 0 aromatic heterocycles. The molecule has 0 fully saturated rings. The van der Waals surface area contributed by atoms with Crippen LogP contribution in [0.25, 0.3) is 16.7 Å². The van der Waals surface area contributed by atoms with E-state index in [-0.39, 0.29) is 0 Å². The van der Waals surface area contributed by atoms with Gasteiger partial charge in [-0.05, 0) is 103 Å². The van der Waals surface area contributed by atoms with Gasteiger partial charge in [-0.1, -0.05) is 91.4 Å². The Morgan fingerprint density at radius 1 is 0.825 bits per heavy atom. The van der Waals surface area contributed by atoms with Crippen LogP contribution in [0, 0.1) is 5.92 Å². The van der Waals surface area contributed by atoms with Gasteiger partial charge in [0.1, 0.15) is 0 Å². The predicted octanol–water partition coefficient (Wildman–Crippen LogP) is 10.7. The average Bonchev–Trinajstić information content (AvgIpc) is 3.36. The number of hydrogen-bond acceptors (Lipinski definition) is 2. The van der Waals surface area contributed by atoms with Gasteiger partial charge in [0.15, 0.2) is 0 Å². The summed E-state index contributed by atoms with van der Waals surface area (Å²) in [7, 11) is 0. The molecule has 2 heteroatoms. The lowest BCUT2D eigenvalue weighted by Crippen LogP contribution is -2.25. The van der Waals surface area contributed by atoms with E-state index in [2.05, 4.69) is 140 Å². The molecule has 0 saturated carbocycles. The lowest BCUT2D eigenvalue weighted by molar-refractivity contribution is 0.633. The highest BCUT2D eigenvalue weighted by atomic mass is 32.2. The van der Waals surface area contributed by atoms with Crippen LogP contribution in [0.5, 0.6) is 0 Å². The average molecular weight is 540 g/mol. The van der Waals surface area contributed by atoms with Crippen molar-refractivity contribution in [1.82, 2.24) is 0 Å². The summed E-state index contributed by atoms with van der Waals surface area (Å²) < 4.78 is 0. The van der Waals surface area contributed by atoms with E-state index in [4.69, 9.17) is 0 Å². The van der Waals surface area contributed by atoms with Gasteiger partial charge in [-0.25, -0.2) is 0 Å². The fourth-order valence-electron chi connectivity index (χ4n) is 6.91. The smallest absolute Gasteiger partial charge is 0.0455 e. The number of benzene rings is 3. The molecule has 3 unspecified atom stereocenters. The van der Waals surface area contributed by atoms with Gasteiger partial charge >= 0.3 is 0 Å². The first-order chi connectivity index (χ1) is 19.6. The predicted molar refractivity (Wildman–Crippen MR) is 172 cm³/mol. The lowest BCUT2D eigenvalue weighted by Gasteiger charge is -2.34. The number of nitrogens with zero attached hydrogens (tertiary/aromatic N) is 1. The summed E-state index contributed by atoms with van der Waals surface area (Å²) in [6, 6.07) is 27.3. The number of allylic oxidation sites excluding steroid dienone is 9. The van der Waals surface area contributed by atoms with E-state index in [0.717, 1.165) is 19.3 Å². The lowest BCUT2D eigenvalue weighted by atomic mass is 9.87. The third-order valence-electron chi connectivity index (χ3n) is 8.82. The third-order valence-corrected chi connectivity index (χ3v) is 10.2. The second kappa shape index (κ2) is 10.8. The van der Waals surface area contributed by atoms with Gasteiger partial charge in [0.25, 0.3) is 0 Å². The van der Waals surface area contributed by atoms with Crippen LogP contribution in [0.15, 0.2) is 131 Å². The van der Waals surface area contributed by atoms with Crippen LogP contribution in [-0.2, 0) is 0 Å². The first kappa shape index (κ1) is 25.5. The first-order valence-corrected chi connectivity index (χ1v) is 15.7. The SMILES string of the molecule is CC1=CC(C)CC(N(C2=CC=C(c3ccccc3)CC2)c2ccc(-c3ccc4c(c3)SC3C=CCCC43)cc2)=C1. The maximum Gasteiger partial charge on any atom is 0.0455 e. The standard InChI is InChI=1S/C38H37NS/c1-26-22-27(2)24-34(23-26)39(32-17-12-29(13-18-32)28-8-4-3-5-9-28)33-19-14-30(15-20-33)31-16-21-36-35-10-6-7-11-37(35)40-38(36)25-31/h3-5,7-9,11-12,14-17,19-23,25,27,35,37H,6,10,13,18,24H2,1-2H3. The van der Waals surface area contributed by atoms with Crippen molar-refractivity contribution in [3.63, 3.8) is 0 Å². The maximum absolute atomic E-state index is 2.53. The van der Waals surface area contributed by atoms with E-state index in [1.807, 2.05) is 0 Å². The molecule has 3 atom stereocenters. The molecule has 0 radical (unpaired) electrons. The fraction of sp³-hybridized carbons (Fsp3) is 0.263. The summed E-state index contributed by atoms with van der Waals surface area (Å²) in [5.74, 6) is 1.24. The summed E-state index contributed by atoms with van der Waals surface area (Å²) in [5, 5.41) is 0.624. The number of fused-ring (bicyclic) bond motifs is 3. The molecule has 0 spiro atoms. The quantitative estimate of drug-likeness (QED) is 0.297. The second-order valence-electron chi connectivity index (χ2n) is 11.8. The molecule has 1 nitrogen and oxygen atoms in total. The van der Waals surface area contributed by atoms with Crippen molar-refractivity contribution >= 4 is 23.0 Å². The van der Waals surface area contributed by atoms with Crippen LogP contribution in [0.1, 0.15) is 63.0 Å². The molecule has 40 heavy (non-hydrogen) atoms. The van der Waals surface area contributed by atoms with E-state index in [1.54, 1.807) is 5.56 Å². The normalized spacial score (nSPS) is 23.4. The Labute approximate surface area is 243 Å². The molecule has 200 valence electrons. The molecule has 3 aliphatic carbocycles. The summed E-state index contributed by atoms with van der Waals surface area (Å²) >= 11 is 2.05. The first-order valence-electron chi connectivity index (χ1n) is 14.8. The van der Waals surface area contributed by atoms with Crippen molar-refractivity contribution < 1.29 is 0 Å². The van der Waals surface area contributed by atoms with Gasteiger partial charge in [0.2, 0.25) is 0 Å². The van der Waals surface area contributed by atoms with Crippen LogP contribution in [0.4, 0.5) is 5.69 Å². The molecule has 4 aliphatic rings. The molecule has 0 bridgehead atoms. The van der Waals surface area contributed by atoms with E-state index < -0.39 is 0 Å². The molecule has 0 amide bonds. The second-order valence-corrected chi connectivity index (χ2v) is 13.0. The fourth-order valence-corrected chi connectivity index (χ4v) is 8.40. The van der Waals surface area contributed by atoms with Crippen molar-refractivity contribution in [2.75, 3.05) is 4.90 Å². The molecule has 1 heterocycles. The minimum atomic E-state index is 0.545. The van der Waals surface area contributed by atoms with E-state index in [1.165, 1.54) is 62.7 Å². The zero-order chi connectivity index (χ0) is 27.1. The van der Waals surface area contributed by atoms with Crippen LogP contribution >= 0.6 is 11.8 Å². The topological polar surface area (TPSA) is 3.24 Å². The highest BCUT2D eigenvalue weighted by Gasteiger charge is 2.33. The Balaban J connectivity index is 1.20. The molecule has 1 aliphatic heterocycles. The molecule has 0 N–H and O–H groups in total. The Morgan fingerprint density at radius 2 is 1.65 bits per heavy atom. The highest BCUT2D eigenvalue weighted by Crippen LogP contribution is 2.50. The van der Waals surface area contributed by atoms with Gasteiger partial charge in [-0.3, -0.25) is 0 Å². The van der Waals surface area contributed by atoms with Crippen molar-refractivity contribution in [3.05, 3.63) is 137 Å². The number of anilines is 1.